The van der Waals surface area contributed by atoms with Crippen molar-refractivity contribution in [2.24, 2.45) is 5.73 Å². The van der Waals surface area contributed by atoms with Crippen LogP contribution in [0.3, 0.4) is 0 Å². The number of thiocarbonyl (C=S) groups is 1. The first-order chi connectivity index (χ1) is 6.54. The van der Waals surface area contributed by atoms with Crippen LogP contribution in [0.1, 0.15) is 15.3 Å². The monoisotopic (exact) mass is 222 g/mol. The van der Waals surface area contributed by atoms with Gasteiger partial charge in [-0.05, 0) is 31.6 Å². The largest absolute Gasteiger partial charge is 0.389 e. The minimum atomic E-state index is 0.149. The first-order valence-corrected chi connectivity index (χ1v) is 5.25. The third kappa shape index (κ3) is 2.41. The van der Waals surface area contributed by atoms with Crippen molar-refractivity contribution in [3.05, 3.63) is 27.0 Å². The van der Waals surface area contributed by atoms with Gasteiger partial charge in [-0.1, -0.05) is 12.2 Å². The Hall–Kier alpha value is -1.18. The second-order valence-electron chi connectivity index (χ2n) is 2.90. The normalized spacial score (nSPS) is 11.1. The lowest BCUT2D eigenvalue weighted by molar-refractivity contribution is 1.51. The molecule has 1 aromatic heterocycles. The van der Waals surface area contributed by atoms with Gasteiger partial charge in [-0.15, -0.1) is 11.3 Å². The zero-order chi connectivity index (χ0) is 10.7. The summed E-state index contributed by atoms with van der Waals surface area (Å²) < 4.78 is 0. The molecule has 0 saturated heterocycles. The average molecular weight is 222 g/mol. The van der Waals surface area contributed by atoms with Gasteiger partial charge in [0.25, 0.3) is 0 Å². The minimum absolute atomic E-state index is 0.149. The van der Waals surface area contributed by atoms with Crippen LogP contribution in [0, 0.1) is 25.2 Å². The Morgan fingerprint density at radius 1 is 1.64 bits per heavy atom. The molecule has 0 unspecified atom stereocenters. The van der Waals surface area contributed by atoms with E-state index in [9.17, 15) is 0 Å². The maximum atomic E-state index is 8.77. The van der Waals surface area contributed by atoms with E-state index >= 15 is 0 Å². The molecule has 1 aromatic rings. The second-order valence-corrected chi connectivity index (χ2v) is 4.80. The Morgan fingerprint density at radius 2 is 2.29 bits per heavy atom. The van der Waals surface area contributed by atoms with E-state index in [0.717, 1.165) is 5.56 Å². The summed E-state index contributed by atoms with van der Waals surface area (Å²) in [6.07, 6.45) is 1.74. The molecule has 0 atom stereocenters. The number of nitrogens with two attached hydrogens (primary N) is 1. The lowest BCUT2D eigenvalue weighted by Crippen LogP contribution is -2.09. The number of rotatable bonds is 2. The van der Waals surface area contributed by atoms with Crippen LogP contribution in [0.15, 0.2) is 11.6 Å². The molecule has 0 aliphatic carbocycles. The summed E-state index contributed by atoms with van der Waals surface area (Å²) >= 11 is 6.45. The van der Waals surface area contributed by atoms with E-state index in [-0.39, 0.29) is 4.99 Å². The van der Waals surface area contributed by atoms with Crippen LogP contribution in [0.5, 0.6) is 0 Å². The first-order valence-electron chi connectivity index (χ1n) is 4.03. The Balaban J connectivity index is 3.14. The fourth-order valence-corrected chi connectivity index (χ4v) is 2.12. The second kappa shape index (κ2) is 4.36. The first kappa shape index (κ1) is 10.9. The van der Waals surface area contributed by atoms with Crippen LogP contribution in [-0.4, -0.2) is 4.99 Å². The van der Waals surface area contributed by atoms with Crippen LogP contribution < -0.4 is 5.73 Å². The van der Waals surface area contributed by atoms with Gasteiger partial charge in [0, 0.05) is 9.75 Å². The molecule has 0 aromatic carbocycles. The summed E-state index contributed by atoms with van der Waals surface area (Å²) in [6, 6.07) is 4.01. The molecule has 4 heteroatoms. The number of hydrogen-bond acceptors (Lipinski definition) is 3. The Morgan fingerprint density at radius 3 is 2.64 bits per heavy atom. The van der Waals surface area contributed by atoms with Crippen LogP contribution in [-0.2, 0) is 0 Å². The number of nitrogens with zero attached hydrogens (tertiary/aromatic N) is 1. The van der Waals surface area contributed by atoms with Gasteiger partial charge >= 0.3 is 0 Å². The summed E-state index contributed by atoms with van der Waals surface area (Å²) in [6.45, 7) is 4.04. The van der Waals surface area contributed by atoms with Crippen molar-refractivity contribution in [3.63, 3.8) is 0 Å². The molecular formula is C10H10N2S2. The maximum Gasteiger partial charge on any atom is 0.114 e. The van der Waals surface area contributed by atoms with Crippen LogP contribution in [0.2, 0.25) is 0 Å². The number of thiophene rings is 1. The predicted octanol–water partition coefficient (Wildman–Crippen LogP) is 2.56. The van der Waals surface area contributed by atoms with Crippen LogP contribution >= 0.6 is 23.6 Å². The fourth-order valence-electron chi connectivity index (χ4n) is 1.11. The van der Waals surface area contributed by atoms with Crippen molar-refractivity contribution in [2.75, 3.05) is 0 Å². The molecule has 0 amide bonds. The van der Waals surface area contributed by atoms with E-state index in [4.69, 9.17) is 23.2 Å². The highest BCUT2D eigenvalue weighted by Crippen LogP contribution is 2.22. The summed E-state index contributed by atoms with van der Waals surface area (Å²) in [5.41, 5.74) is 6.78. The highest BCUT2D eigenvalue weighted by Gasteiger charge is 2.03. The van der Waals surface area contributed by atoms with Crippen molar-refractivity contribution >= 4 is 34.6 Å². The minimum Gasteiger partial charge on any atom is -0.389 e. The van der Waals surface area contributed by atoms with Crippen molar-refractivity contribution in [1.29, 1.82) is 5.26 Å². The molecule has 0 aliphatic heterocycles. The molecule has 0 fully saturated rings. The molecule has 1 rings (SSSR count). The third-order valence-electron chi connectivity index (χ3n) is 1.77. The highest BCUT2D eigenvalue weighted by atomic mass is 32.1. The van der Waals surface area contributed by atoms with Gasteiger partial charge in [0.2, 0.25) is 0 Å². The molecule has 0 radical (unpaired) electrons. The summed E-state index contributed by atoms with van der Waals surface area (Å²) in [7, 11) is 0. The quantitative estimate of drug-likeness (QED) is 0.475. The predicted molar refractivity (Wildman–Crippen MR) is 64.2 cm³/mol. The van der Waals surface area contributed by atoms with Gasteiger partial charge in [-0.2, -0.15) is 5.26 Å². The average Bonchev–Trinajstić information content (AvgIpc) is 2.40. The molecule has 0 aliphatic rings. The zero-order valence-corrected chi connectivity index (χ0v) is 9.63. The highest BCUT2D eigenvalue weighted by molar-refractivity contribution is 7.80. The van der Waals surface area contributed by atoms with E-state index < -0.39 is 0 Å². The molecule has 0 bridgehead atoms. The van der Waals surface area contributed by atoms with Crippen molar-refractivity contribution in [2.45, 2.75) is 13.8 Å². The van der Waals surface area contributed by atoms with Gasteiger partial charge in [0.05, 0.1) is 5.57 Å². The lowest BCUT2D eigenvalue weighted by atomic mass is 10.1. The zero-order valence-electron chi connectivity index (χ0n) is 8.00. The topological polar surface area (TPSA) is 49.8 Å². The molecule has 0 spiro atoms. The number of aryl methyl sites for hydroxylation is 2. The fraction of sp³-hybridized carbons (Fsp3) is 0.200. The van der Waals surface area contributed by atoms with Crippen molar-refractivity contribution < 1.29 is 0 Å². The van der Waals surface area contributed by atoms with Crippen molar-refractivity contribution in [3.8, 4) is 6.07 Å². The van der Waals surface area contributed by atoms with E-state index in [1.807, 2.05) is 26.0 Å². The van der Waals surface area contributed by atoms with E-state index in [2.05, 4.69) is 0 Å². The van der Waals surface area contributed by atoms with Gasteiger partial charge in [-0.3, -0.25) is 0 Å². The molecule has 14 heavy (non-hydrogen) atoms. The van der Waals surface area contributed by atoms with Gasteiger partial charge in [0.1, 0.15) is 11.1 Å². The molecule has 72 valence electrons. The summed E-state index contributed by atoms with van der Waals surface area (Å²) in [4.78, 5) is 2.54. The van der Waals surface area contributed by atoms with Crippen LogP contribution in [0.4, 0.5) is 0 Å². The smallest absolute Gasteiger partial charge is 0.114 e. The maximum absolute atomic E-state index is 8.77. The Kier molecular flexibility index (Phi) is 3.39. The van der Waals surface area contributed by atoms with Gasteiger partial charge < -0.3 is 5.73 Å². The SMILES string of the molecule is Cc1cc(/C=C(\C#N)C(N)=S)c(C)s1. The standard InChI is InChI=1S/C10H10N2S2/c1-6-3-8(7(2)14-6)4-9(5-11)10(12)13/h3-4H,1-2H3,(H2,12,13)/b9-4+. The number of hydrogen-bond donors (Lipinski definition) is 1. The molecule has 1 heterocycles. The molecule has 2 nitrogen and oxygen atoms in total. The summed E-state index contributed by atoms with van der Waals surface area (Å²) in [5, 5.41) is 8.77. The van der Waals surface area contributed by atoms with Crippen LogP contribution in [0.25, 0.3) is 6.08 Å². The third-order valence-corrected chi connectivity index (χ3v) is 2.97. The van der Waals surface area contributed by atoms with Gasteiger partial charge in [-0.25, -0.2) is 0 Å². The van der Waals surface area contributed by atoms with Gasteiger partial charge in [0.15, 0.2) is 0 Å². The van der Waals surface area contributed by atoms with E-state index in [1.165, 1.54) is 9.75 Å². The Labute approximate surface area is 92.7 Å². The Bertz CT molecular complexity index is 435. The molecule has 2 N–H and O–H groups in total. The van der Waals surface area contributed by atoms with E-state index in [1.54, 1.807) is 17.4 Å². The van der Waals surface area contributed by atoms with E-state index in [0.29, 0.717) is 5.57 Å². The molecule has 0 saturated carbocycles. The van der Waals surface area contributed by atoms with Crippen molar-refractivity contribution in [1.82, 2.24) is 0 Å². The number of nitriles is 1. The lowest BCUT2D eigenvalue weighted by Gasteiger charge is -1.94. The summed E-state index contributed by atoms with van der Waals surface area (Å²) in [5.74, 6) is 0. The molecular weight excluding hydrogens is 212 g/mol.